The SMILES string of the molecule is COc1ccc(C(=O)NCc2c(C)cc(C)[nH]c2=O)c2ccccc12. The maximum atomic E-state index is 12.7. The van der Waals surface area contributed by atoms with Gasteiger partial charge >= 0.3 is 0 Å². The van der Waals surface area contributed by atoms with Gasteiger partial charge in [0.1, 0.15) is 5.75 Å². The Labute approximate surface area is 145 Å². The van der Waals surface area contributed by atoms with Crippen molar-refractivity contribution >= 4 is 16.7 Å². The molecule has 1 heterocycles. The van der Waals surface area contributed by atoms with Gasteiger partial charge in [0.05, 0.1) is 7.11 Å². The van der Waals surface area contributed by atoms with Crippen LogP contribution in [0.2, 0.25) is 0 Å². The topological polar surface area (TPSA) is 71.2 Å². The molecule has 0 aliphatic rings. The van der Waals surface area contributed by atoms with Crippen molar-refractivity contribution in [3.63, 3.8) is 0 Å². The number of amides is 1. The summed E-state index contributed by atoms with van der Waals surface area (Å²) in [6, 6.07) is 13.0. The van der Waals surface area contributed by atoms with Gasteiger partial charge < -0.3 is 15.0 Å². The number of H-pyrrole nitrogens is 1. The van der Waals surface area contributed by atoms with E-state index < -0.39 is 0 Å². The summed E-state index contributed by atoms with van der Waals surface area (Å²) in [7, 11) is 1.61. The summed E-state index contributed by atoms with van der Waals surface area (Å²) in [5.41, 5.74) is 2.62. The first kappa shape index (κ1) is 16.8. The average Bonchev–Trinajstić information content (AvgIpc) is 2.59. The molecule has 0 radical (unpaired) electrons. The van der Waals surface area contributed by atoms with Crippen LogP contribution < -0.4 is 15.6 Å². The summed E-state index contributed by atoms with van der Waals surface area (Å²) in [5, 5.41) is 4.54. The van der Waals surface area contributed by atoms with E-state index in [1.54, 1.807) is 19.2 Å². The van der Waals surface area contributed by atoms with Crippen LogP contribution in [0.5, 0.6) is 5.75 Å². The molecule has 0 saturated heterocycles. The Balaban J connectivity index is 1.90. The summed E-state index contributed by atoms with van der Waals surface area (Å²) in [6.45, 7) is 3.88. The number of ether oxygens (including phenoxy) is 1. The molecule has 2 N–H and O–H groups in total. The number of benzene rings is 2. The van der Waals surface area contributed by atoms with Gasteiger partial charge in [-0.1, -0.05) is 24.3 Å². The monoisotopic (exact) mass is 336 g/mol. The zero-order valence-corrected chi connectivity index (χ0v) is 14.5. The molecule has 2 aromatic carbocycles. The number of carbonyl (C=O) groups is 1. The lowest BCUT2D eigenvalue weighted by molar-refractivity contribution is 0.0952. The van der Waals surface area contributed by atoms with Gasteiger partial charge in [0.25, 0.3) is 11.5 Å². The van der Waals surface area contributed by atoms with Crippen LogP contribution in [-0.4, -0.2) is 18.0 Å². The molecule has 5 heteroatoms. The highest BCUT2D eigenvalue weighted by atomic mass is 16.5. The van der Waals surface area contributed by atoms with Crippen LogP contribution in [-0.2, 0) is 6.54 Å². The van der Waals surface area contributed by atoms with Crippen molar-refractivity contribution in [1.82, 2.24) is 10.3 Å². The molecule has 0 aliphatic heterocycles. The predicted molar refractivity (Wildman–Crippen MR) is 98.2 cm³/mol. The standard InChI is InChI=1S/C20H20N2O3/c1-12-10-13(2)22-20(24)17(12)11-21-19(23)16-8-9-18(25-3)15-7-5-4-6-14(15)16/h4-10H,11H2,1-3H3,(H,21,23)(H,22,24). The molecule has 0 aliphatic carbocycles. The Kier molecular flexibility index (Phi) is 4.57. The third-order valence-electron chi connectivity index (χ3n) is 4.27. The molecule has 5 nitrogen and oxygen atoms in total. The molecular formula is C20H20N2O3. The van der Waals surface area contributed by atoms with E-state index in [0.717, 1.165) is 27.8 Å². The molecule has 0 unspecified atom stereocenters. The number of hydrogen-bond donors (Lipinski definition) is 2. The third-order valence-corrected chi connectivity index (χ3v) is 4.27. The van der Waals surface area contributed by atoms with Crippen LogP contribution in [0.25, 0.3) is 10.8 Å². The maximum absolute atomic E-state index is 12.7. The number of rotatable bonds is 4. The fraction of sp³-hybridized carbons (Fsp3) is 0.200. The Morgan fingerprint density at radius 3 is 2.52 bits per heavy atom. The van der Waals surface area contributed by atoms with Crippen molar-refractivity contribution in [1.29, 1.82) is 0 Å². The summed E-state index contributed by atoms with van der Waals surface area (Å²) in [5.74, 6) is 0.496. The minimum atomic E-state index is -0.224. The molecule has 128 valence electrons. The van der Waals surface area contributed by atoms with Crippen molar-refractivity contribution in [2.45, 2.75) is 20.4 Å². The summed E-state index contributed by atoms with van der Waals surface area (Å²) in [6.07, 6.45) is 0. The zero-order valence-electron chi connectivity index (χ0n) is 14.5. The smallest absolute Gasteiger partial charge is 0.253 e. The number of fused-ring (bicyclic) bond motifs is 1. The number of aromatic amines is 1. The Hall–Kier alpha value is -3.08. The molecule has 3 rings (SSSR count). The number of aryl methyl sites for hydroxylation is 2. The molecule has 3 aromatic rings. The van der Waals surface area contributed by atoms with Gasteiger partial charge in [-0.05, 0) is 43.0 Å². The quantitative estimate of drug-likeness (QED) is 0.769. The number of carbonyl (C=O) groups excluding carboxylic acids is 1. The fourth-order valence-corrected chi connectivity index (χ4v) is 3.01. The van der Waals surface area contributed by atoms with Crippen LogP contribution in [0.15, 0.2) is 47.3 Å². The molecule has 1 aromatic heterocycles. The van der Waals surface area contributed by atoms with Crippen LogP contribution in [0.4, 0.5) is 0 Å². The second-order valence-electron chi connectivity index (χ2n) is 5.99. The highest BCUT2D eigenvalue weighted by Crippen LogP contribution is 2.28. The first-order valence-electron chi connectivity index (χ1n) is 8.04. The normalized spacial score (nSPS) is 10.7. The Bertz CT molecular complexity index is 1010. The summed E-state index contributed by atoms with van der Waals surface area (Å²) in [4.78, 5) is 27.5. The Morgan fingerprint density at radius 2 is 1.84 bits per heavy atom. The van der Waals surface area contributed by atoms with E-state index in [0.29, 0.717) is 11.1 Å². The lowest BCUT2D eigenvalue weighted by Crippen LogP contribution is -2.28. The molecule has 25 heavy (non-hydrogen) atoms. The van der Waals surface area contributed by atoms with Crippen molar-refractivity contribution in [2.24, 2.45) is 0 Å². The number of pyridine rings is 1. The van der Waals surface area contributed by atoms with Gasteiger partial charge in [0.2, 0.25) is 0 Å². The predicted octanol–water partition coefficient (Wildman–Crippen LogP) is 3.08. The van der Waals surface area contributed by atoms with Gasteiger partial charge in [-0.25, -0.2) is 0 Å². The van der Waals surface area contributed by atoms with Gasteiger partial charge in [-0.15, -0.1) is 0 Å². The van der Waals surface area contributed by atoms with E-state index in [1.165, 1.54) is 0 Å². The first-order chi connectivity index (χ1) is 12.0. The lowest BCUT2D eigenvalue weighted by atomic mass is 10.0. The molecule has 0 bridgehead atoms. The molecule has 0 saturated carbocycles. The minimum absolute atomic E-state index is 0.169. The third kappa shape index (κ3) is 3.26. The Morgan fingerprint density at radius 1 is 1.12 bits per heavy atom. The van der Waals surface area contributed by atoms with Gasteiger partial charge in [0, 0.05) is 28.8 Å². The van der Waals surface area contributed by atoms with Crippen molar-refractivity contribution < 1.29 is 9.53 Å². The number of aromatic nitrogens is 1. The molecule has 0 fully saturated rings. The van der Waals surface area contributed by atoms with Crippen molar-refractivity contribution in [2.75, 3.05) is 7.11 Å². The van der Waals surface area contributed by atoms with Gasteiger partial charge in [-0.3, -0.25) is 9.59 Å². The minimum Gasteiger partial charge on any atom is -0.496 e. The van der Waals surface area contributed by atoms with Gasteiger partial charge in [0.15, 0.2) is 0 Å². The van der Waals surface area contributed by atoms with Crippen molar-refractivity contribution in [3.8, 4) is 5.75 Å². The van der Waals surface area contributed by atoms with Gasteiger partial charge in [-0.2, -0.15) is 0 Å². The first-order valence-corrected chi connectivity index (χ1v) is 8.04. The van der Waals surface area contributed by atoms with E-state index >= 15 is 0 Å². The molecule has 0 atom stereocenters. The summed E-state index contributed by atoms with van der Waals surface area (Å²) >= 11 is 0. The largest absolute Gasteiger partial charge is 0.496 e. The van der Waals surface area contributed by atoms with E-state index in [4.69, 9.17) is 4.74 Å². The fourth-order valence-electron chi connectivity index (χ4n) is 3.01. The zero-order chi connectivity index (χ0) is 18.0. The average molecular weight is 336 g/mol. The van der Waals surface area contributed by atoms with Crippen molar-refractivity contribution in [3.05, 3.63) is 75.2 Å². The van der Waals surface area contributed by atoms with E-state index in [1.807, 2.05) is 44.2 Å². The highest BCUT2D eigenvalue weighted by molar-refractivity contribution is 6.08. The van der Waals surface area contributed by atoms with Crippen LogP contribution in [0.1, 0.15) is 27.2 Å². The molecular weight excluding hydrogens is 316 g/mol. The van der Waals surface area contributed by atoms with Crippen LogP contribution in [0, 0.1) is 13.8 Å². The second kappa shape index (κ2) is 6.81. The van der Waals surface area contributed by atoms with E-state index in [-0.39, 0.29) is 18.0 Å². The molecule has 0 spiro atoms. The summed E-state index contributed by atoms with van der Waals surface area (Å²) < 4.78 is 5.36. The van der Waals surface area contributed by atoms with Crippen LogP contribution in [0.3, 0.4) is 0 Å². The molecule has 1 amide bonds. The number of hydrogen-bond acceptors (Lipinski definition) is 3. The number of nitrogens with one attached hydrogen (secondary N) is 2. The van der Waals surface area contributed by atoms with E-state index in [2.05, 4.69) is 10.3 Å². The highest BCUT2D eigenvalue weighted by Gasteiger charge is 2.14. The number of methoxy groups -OCH3 is 1. The lowest BCUT2D eigenvalue weighted by Gasteiger charge is -2.12. The maximum Gasteiger partial charge on any atom is 0.253 e. The van der Waals surface area contributed by atoms with Crippen LogP contribution >= 0.6 is 0 Å². The second-order valence-corrected chi connectivity index (χ2v) is 5.99. The van der Waals surface area contributed by atoms with E-state index in [9.17, 15) is 9.59 Å².